The molecule has 0 radical (unpaired) electrons. The first kappa shape index (κ1) is 8.84. The van der Waals surface area contributed by atoms with Crippen molar-refractivity contribution in [2.45, 2.75) is 19.8 Å². The summed E-state index contributed by atoms with van der Waals surface area (Å²) >= 11 is 0. The summed E-state index contributed by atoms with van der Waals surface area (Å²) in [6.45, 7) is 5.70. The number of aromatic nitrogens is 2. The van der Waals surface area contributed by atoms with Crippen LogP contribution in [0.5, 0.6) is 0 Å². The van der Waals surface area contributed by atoms with Crippen molar-refractivity contribution in [3.8, 4) is 0 Å². The fourth-order valence-corrected chi connectivity index (χ4v) is 1.27. The van der Waals surface area contributed by atoms with Gasteiger partial charge in [-0.3, -0.25) is 14.6 Å². The monoisotopic (exact) mass is 166 g/mol. The standard InChI is InChI=1S/C9H14N2O/c1-4-6-8-7(5-2)9(12)11(3)10-8/h5,10H,2,4,6H2,1,3H3. The number of aromatic amines is 1. The van der Waals surface area contributed by atoms with Crippen molar-refractivity contribution < 1.29 is 0 Å². The van der Waals surface area contributed by atoms with E-state index < -0.39 is 0 Å². The van der Waals surface area contributed by atoms with Gasteiger partial charge in [0.15, 0.2) is 0 Å². The van der Waals surface area contributed by atoms with E-state index in [4.69, 9.17) is 0 Å². The van der Waals surface area contributed by atoms with E-state index in [0.29, 0.717) is 5.56 Å². The third-order valence-electron chi connectivity index (χ3n) is 1.87. The molecular formula is C9H14N2O. The molecule has 0 atom stereocenters. The highest BCUT2D eigenvalue weighted by molar-refractivity contribution is 5.48. The zero-order valence-electron chi connectivity index (χ0n) is 7.55. The van der Waals surface area contributed by atoms with Gasteiger partial charge in [-0.05, 0) is 6.42 Å². The molecule has 0 unspecified atom stereocenters. The molecule has 1 heterocycles. The molecule has 1 N–H and O–H groups in total. The van der Waals surface area contributed by atoms with Crippen LogP contribution in [0.1, 0.15) is 24.6 Å². The van der Waals surface area contributed by atoms with E-state index in [1.807, 2.05) is 0 Å². The quantitative estimate of drug-likeness (QED) is 0.722. The lowest BCUT2D eigenvalue weighted by molar-refractivity contribution is 0.713. The predicted octanol–water partition coefficient (Wildman–Crippen LogP) is 1.31. The van der Waals surface area contributed by atoms with Gasteiger partial charge in [-0.1, -0.05) is 26.0 Å². The van der Waals surface area contributed by atoms with Crippen LogP contribution in [0, 0.1) is 0 Å². The van der Waals surface area contributed by atoms with E-state index in [0.717, 1.165) is 18.5 Å². The normalized spacial score (nSPS) is 10.2. The third kappa shape index (κ3) is 1.35. The van der Waals surface area contributed by atoms with Gasteiger partial charge in [-0.15, -0.1) is 0 Å². The minimum Gasteiger partial charge on any atom is -0.299 e. The SMILES string of the molecule is C=Cc1c(CCC)[nH]n(C)c1=O. The van der Waals surface area contributed by atoms with Crippen molar-refractivity contribution in [1.29, 1.82) is 0 Å². The smallest absolute Gasteiger partial charge is 0.273 e. The molecule has 12 heavy (non-hydrogen) atoms. The molecule has 0 aromatic carbocycles. The fourth-order valence-electron chi connectivity index (χ4n) is 1.27. The maximum atomic E-state index is 11.4. The Hall–Kier alpha value is -1.25. The second-order valence-electron chi connectivity index (χ2n) is 2.82. The van der Waals surface area contributed by atoms with Crippen LogP contribution in [0.2, 0.25) is 0 Å². The van der Waals surface area contributed by atoms with Crippen molar-refractivity contribution in [1.82, 2.24) is 9.78 Å². The Morgan fingerprint density at radius 1 is 1.67 bits per heavy atom. The molecule has 0 spiro atoms. The third-order valence-corrected chi connectivity index (χ3v) is 1.87. The van der Waals surface area contributed by atoms with Crippen LogP contribution >= 0.6 is 0 Å². The highest BCUT2D eigenvalue weighted by atomic mass is 16.1. The van der Waals surface area contributed by atoms with Crippen molar-refractivity contribution in [2.24, 2.45) is 7.05 Å². The first-order chi connectivity index (χ1) is 5.70. The highest BCUT2D eigenvalue weighted by Gasteiger charge is 2.06. The number of hydrogen-bond donors (Lipinski definition) is 1. The van der Waals surface area contributed by atoms with Crippen LogP contribution in [-0.2, 0) is 13.5 Å². The number of rotatable bonds is 3. The minimum absolute atomic E-state index is 0.00782. The average Bonchev–Trinajstić information content (AvgIpc) is 2.29. The van der Waals surface area contributed by atoms with Gasteiger partial charge < -0.3 is 0 Å². The molecule has 0 fully saturated rings. The van der Waals surface area contributed by atoms with E-state index in [1.54, 1.807) is 13.1 Å². The lowest BCUT2D eigenvalue weighted by Gasteiger charge is -1.93. The minimum atomic E-state index is 0.00782. The first-order valence-corrected chi connectivity index (χ1v) is 4.11. The molecule has 0 bridgehead atoms. The lowest BCUT2D eigenvalue weighted by atomic mass is 10.1. The Morgan fingerprint density at radius 3 is 2.83 bits per heavy atom. The molecule has 3 nitrogen and oxygen atoms in total. The highest BCUT2D eigenvalue weighted by Crippen LogP contribution is 2.04. The summed E-state index contributed by atoms with van der Waals surface area (Å²) in [7, 11) is 1.72. The predicted molar refractivity (Wildman–Crippen MR) is 50.1 cm³/mol. The maximum Gasteiger partial charge on any atom is 0.273 e. The molecular weight excluding hydrogens is 152 g/mol. The van der Waals surface area contributed by atoms with Crippen LogP contribution in [0.3, 0.4) is 0 Å². The summed E-state index contributed by atoms with van der Waals surface area (Å²) in [5.74, 6) is 0. The molecule has 0 saturated heterocycles. The maximum absolute atomic E-state index is 11.4. The molecule has 0 aliphatic heterocycles. The van der Waals surface area contributed by atoms with Gasteiger partial charge in [0.2, 0.25) is 0 Å². The Labute approximate surface area is 71.7 Å². The Morgan fingerprint density at radius 2 is 2.33 bits per heavy atom. The zero-order chi connectivity index (χ0) is 9.14. The molecule has 0 amide bonds. The van der Waals surface area contributed by atoms with Gasteiger partial charge in [-0.2, -0.15) is 0 Å². The molecule has 0 aliphatic carbocycles. The number of aryl methyl sites for hydroxylation is 2. The second kappa shape index (κ2) is 3.43. The van der Waals surface area contributed by atoms with Crippen molar-refractivity contribution in [3.63, 3.8) is 0 Å². The molecule has 0 aliphatic rings. The fraction of sp³-hybridized carbons (Fsp3) is 0.444. The average molecular weight is 166 g/mol. The van der Waals surface area contributed by atoms with E-state index >= 15 is 0 Å². The Kier molecular flexibility index (Phi) is 2.53. The van der Waals surface area contributed by atoms with Gasteiger partial charge >= 0.3 is 0 Å². The van der Waals surface area contributed by atoms with Gasteiger partial charge in [-0.25, -0.2) is 0 Å². The summed E-state index contributed by atoms with van der Waals surface area (Å²) in [6.07, 6.45) is 3.54. The van der Waals surface area contributed by atoms with Gasteiger partial charge in [0.25, 0.3) is 5.56 Å². The molecule has 1 aromatic heterocycles. The van der Waals surface area contributed by atoms with E-state index in [2.05, 4.69) is 18.6 Å². The van der Waals surface area contributed by atoms with Crippen molar-refractivity contribution in [2.75, 3.05) is 0 Å². The van der Waals surface area contributed by atoms with Crippen molar-refractivity contribution >= 4 is 6.08 Å². The summed E-state index contributed by atoms with van der Waals surface area (Å²) in [5.41, 5.74) is 1.70. The number of hydrogen-bond acceptors (Lipinski definition) is 1. The van der Waals surface area contributed by atoms with Gasteiger partial charge in [0.1, 0.15) is 0 Å². The summed E-state index contributed by atoms with van der Waals surface area (Å²) in [6, 6.07) is 0. The zero-order valence-corrected chi connectivity index (χ0v) is 7.55. The number of H-pyrrole nitrogens is 1. The van der Waals surface area contributed by atoms with E-state index in [-0.39, 0.29) is 5.56 Å². The Bertz CT molecular complexity index is 333. The van der Waals surface area contributed by atoms with Crippen LogP contribution in [0.15, 0.2) is 11.4 Å². The summed E-state index contributed by atoms with van der Waals surface area (Å²) < 4.78 is 1.49. The summed E-state index contributed by atoms with van der Waals surface area (Å²) in [4.78, 5) is 11.4. The van der Waals surface area contributed by atoms with Gasteiger partial charge in [0, 0.05) is 12.7 Å². The molecule has 0 saturated carbocycles. The van der Waals surface area contributed by atoms with Crippen LogP contribution in [0.25, 0.3) is 6.08 Å². The van der Waals surface area contributed by atoms with E-state index in [1.165, 1.54) is 4.68 Å². The number of nitrogens with zero attached hydrogens (tertiary/aromatic N) is 1. The number of nitrogens with one attached hydrogen (secondary N) is 1. The van der Waals surface area contributed by atoms with Crippen molar-refractivity contribution in [3.05, 3.63) is 28.2 Å². The summed E-state index contributed by atoms with van der Waals surface area (Å²) in [5, 5.41) is 3.00. The van der Waals surface area contributed by atoms with E-state index in [9.17, 15) is 4.79 Å². The Balaban J connectivity index is 3.19. The first-order valence-electron chi connectivity index (χ1n) is 4.11. The van der Waals surface area contributed by atoms with Crippen LogP contribution in [0.4, 0.5) is 0 Å². The molecule has 3 heteroatoms. The van der Waals surface area contributed by atoms with Crippen LogP contribution < -0.4 is 5.56 Å². The second-order valence-corrected chi connectivity index (χ2v) is 2.82. The largest absolute Gasteiger partial charge is 0.299 e. The van der Waals surface area contributed by atoms with Gasteiger partial charge in [0.05, 0.1) is 5.56 Å². The molecule has 1 rings (SSSR count). The molecule has 66 valence electrons. The molecule has 1 aromatic rings. The topological polar surface area (TPSA) is 37.8 Å². The lowest BCUT2D eigenvalue weighted by Crippen LogP contribution is -2.13. The van der Waals surface area contributed by atoms with Crippen LogP contribution in [-0.4, -0.2) is 9.78 Å².